The highest BCUT2D eigenvalue weighted by molar-refractivity contribution is 6.15. The summed E-state index contributed by atoms with van der Waals surface area (Å²) in [4.78, 5) is 53.4. The van der Waals surface area contributed by atoms with E-state index in [1.165, 1.54) is 4.90 Å². The monoisotopic (exact) mass is 461 g/mol. The molecule has 8 nitrogen and oxygen atoms in total. The van der Waals surface area contributed by atoms with E-state index in [4.69, 9.17) is 0 Å². The smallest absolute Gasteiger partial charge is 0.303 e. The fourth-order valence-corrected chi connectivity index (χ4v) is 5.88. The van der Waals surface area contributed by atoms with Gasteiger partial charge in [0.05, 0.1) is 11.8 Å². The molecule has 0 saturated carbocycles. The minimum atomic E-state index is -1.39. The predicted molar refractivity (Wildman–Crippen MR) is 124 cm³/mol. The van der Waals surface area contributed by atoms with Gasteiger partial charge < -0.3 is 10.4 Å². The van der Waals surface area contributed by atoms with Gasteiger partial charge in [-0.1, -0.05) is 55.5 Å². The van der Waals surface area contributed by atoms with Gasteiger partial charge in [-0.2, -0.15) is 0 Å². The van der Waals surface area contributed by atoms with Gasteiger partial charge in [0.2, 0.25) is 17.7 Å². The van der Waals surface area contributed by atoms with E-state index >= 15 is 0 Å². The first-order chi connectivity index (χ1) is 16.4. The quantitative estimate of drug-likeness (QED) is 0.544. The number of aryl methyl sites for hydroxylation is 1. The number of hydrogen-bond acceptors (Lipinski definition) is 5. The van der Waals surface area contributed by atoms with Crippen molar-refractivity contribution < 1.29 is 24.3 Å². The van der Waals surface area contributed by atoms with E-state index in [0.29, 0.717) is 24.1 Å². The zero-order valence-electron chi connectivity index (χ0n) is 18.9. The third-order valence-corrected chi connectivity index (χ3v) is 7.44. The Bertz CT molecular complexity index is 1180. The maximum Gasteiger partial charge on any atom is 0.303 e. The molecule has 3 N–H and O–H groups in total. The highest BCUT2D eigenvalue weighted by atomic mass is 16.4. The summed E-state index contributed by atoms with van der Waals surface area (Å²) in [7, 11) is 0. The number of carbonyl (C=O) groups excluding carboxylic acids is 3. The second kappa shape index (κ2) is 8.36. The van der Waals surface area contributed by atoms with Gasteiger partial charge in [-0.05, 0) is 30.4 Å². The number of rotatable bonds is 7. The fraction of sp³-hybridized carbons (Fsp3) is 0.385. The number of amides is 3. The van der Waals surface area contributed by atoms with Gasteiger partial charge in [-0.25, -0.2) is 0 Å². The number of nitrogens with zero attached hydrogens (tertiary/aromatic N) is 1. The molecule has 8 heteroatoms. The van der Waals surface area contributed by atoms with Crippen molar-refractivity contribution in [2.24, 2.45) is 11.8 Å². The fourth-order valence-electron chi connectivity index (χ4n) is 5.88. The van der Waals surface area contributed by atoms with E-state index in [0.717, 1.165) is 11.1 Å². The van der Waals surface area contributed by atoms with Crippen LogP contribution in [0.4, 0.5) is 5.69 Å². The molecule has 3 heterocycles. The summed E-state index contributed by atoms with van der Waals surface area (Å²) >= 11 is 0. The van der Waals surface area contributed by atoms with E-state index in [9.17, 15) is 24.3 Å². The minimum Gasteiger partial charge on any atom is -0.481 e. The summed E-state index contributed by atoms with van der Waals surface area (Å²) in [5.41, 5.74) is 1.92. The van der Waals surface area contributed by atoms with E-state index < -0.39 is 29.4 Å². The Labute approximate surface area is 197 Å². The Balaban J connectivity index is 1.54. The van der Waals surface area contributed by atoms with Crippen LogP contribution in [0.25, 0.3) is 0 Å². The van der Waals surface area contributed by atoms with Crippen LogP contribution in [0.5, 0.6) is 0 Å². The van der Waals surface area contributed by atoms with Crippen LogP contribution in [-0.2, 0) is 37.6 Å². The number of nitrogens with one attached hydrogen (secondary N) is 2. The van der Waals surface area contributed by atoms with Gasteiger partial charge in [0, 0.05) is 30.3 Å². The minimum absolute atomic E-state index is 0.153. The Morgan fingerprint density at radius 3 is 2.53 bits per heavy atom. The lowest BCUT2D eigenvalue weighted by atomic mass is 9.76. The Hall–Kier alpha value is -3.52. The van der Waals surface area contributed by atoms with Gasteiger partial charge in [-0.3, -0.25) is 29.4 Å². The number of likely N-dealkylation sites (tertiary alicyclic amines) is 1. The van der Waals surface area contributed by atoms with Gasteiger partial charge in [-0.15, -0.1) is 0 Å². The number of benzene rings is 2. The third-order valence-electron chi connectivity index (χ3n) is 7.44. The zero-order valence-corrected chi connectivity index (χ0v) is 18.9. The third kappa shape index (κ3) is 3.24. The van der Waals surface area contributed by atoms with Crippen LogP contribution in [0.3, 0.4) is 0 Å². The number of para-hydroxylation sites is 1. The zero-order chi connectivity index (χ0) is 24.0. The molecule has 176 valence electrons. The summed E-state index contributed by atoms with van der Waals surface area (Å²) < 4.78 is 0. The Morgan fingerprint density at radius 1 is 1.06 bits per heavy atom. The standard InChI is InChI=1S/C26H27N3O5/c1-2-16-9-6-10-17-22(16)27-25(34)26(17)21-20(18(28-26)11-12-19(30)31)23(32)29(24(21)33)14-13-15-7-4-3-5-8-15/h3-10,18,20-21,28H,2,11-14H2,1H3,(H,27,34)(H,30,31)/t18-,20+,21+,26+/m0/s1. The summed E-state index contributed by atoms with van der Waals surface area (Å²) in [6.45, 7) is 2.21. The topological polar surface area (TPSA) is 116 Å². The van der Waals surface area contributed by atoms with Gasteiger partial charge in [0.1, 0.15) is 5.54 Å². The van der Waals surface area contributed by atoms with Gasteiger partial charge >= 0.3 is 5.97 Å². The van der Waals surface area contributed by atoms with Crippen molar-refractivity contribution in [3.63, 3.8) is 0 Å². The second-order valence-electron chi connectivity index (χ2n) is 9.21. The molecular weight excluding hydrogens is 434 g/mol. The van der Waals surface area contributed by atoms with Gasteiger partial charge in [0.15, 0.2) is 0 Å². The number of aliphatic carboxylic acids is 1. The molecule has 3 aliphatic rings. The van der Waals surface area contributed by atoms with Crippen LogP contribution < -0.4 is 10.6 Å². The van der Waals surface area contributed by atoms with Crippen molar-refractivity contribution >= 4 is 29.4 Å². The van der Waals surface area contributed by atoms with E-state index in [2.05, 4.69) is 10.6 Å². The molecule has 4 atom stereocenters. The van der Waals surface area contributed by atoms with Crippen molar-refractivity contribution in [3.8, 4) is 0 Å². The Morgan fingerprint density at radius 2 is 1.82 bits per heavy atom. The number of imide groups is 1. The summed E-state index contributed by atoms with van der Waals surface area (Å²) in [6.07, 6.45) is 1.21. The van der Waals surface area contributed by atoms with E-state index in [-0.39, 0.29) is 37.1 Å². The number of hydrogen-bond donors (Lipinski definition) is 3. The average molecular weight is 462 g/mol. The summed E-state index contributed by atoms with van der Waals surface area (Å²) in [6, 6.07) is 14.6. The van der Waals surface area contributed by atoms with Crippen molar-refractivity contribution in [3.05, 3.63) is 65.2 Å². The molecule has 0 aliphatic carbocycles. The summed E-state index contributed by atoms with van der Waals surface area (Å²) in [5, 5.41) is 15.5. The van der Waals surface area contributed by atoms with E-state index in [1.807, 2.05) is 55.5 Å². The van der Waals surface area contributed by atoms with Crippen LogP contribution in [0.15, 0.2) is 48.5 Å². The highest BCUT2D eigenvalue weighted by Gasteiger charge is 2.70. The predicted octanol–water partition coefficient (Wildman–Crippen LogP) is 2.08. The first-order valence-electron chi connectivity index (χ1n) is 11.7. The lowest BCUT2D eigenvalue weighted by molar-refractivity contribution is -0.143. The first-order valence-corrected chi connectivity index (χ1v) is 11.7. The molecule has 5 rings (SSSR count). The number of fused-ring (bicyclic) bond motifs is 4. The lowest BCUT2D eigenvalue weighted by Gasteiger charge is -2.29. The molecule has 2 saturated heterocycles. The summed E-state index contributed by atoms with van der Waals surface area (Å²) in [5.74, 6) is -3.75. The molecule has 0 radical (unpaired) electrons. The van der Waals surface area contributed by atoms with Crippen LogP contribution in [0.2, 0.25) is 0 Å². The largest absolute Gasteiger partial charge is 0.481 e. The number of carbonyl (C=O) groups is 4. The maximum absolute atomic E-state index is 13.7. The Kier molecular flexibility index (Phi) is 5.48. The molecule has 0 unspecified atom stereocenters. The molecule has 2 fully saturated rings. The van der Waals surface area contributed by atoms with Crippen LogP contribution in [0, 0.1) is 11.8 Å². The number of carboxylic acid groups (broad SMARTS) is 1. The maximum atomic E-state index is 13.7. The molecule has 0 aromatic heterocycles. The number of anilines is 1. The highest BCUT2D eigenvalue weighted by Crippen LogP contribution is 2.54. The second-order valence-corrected chi connectivity index (χ2v) is 9.21. The van der Waals surface area contributed by atoms with Crippen molar-refractivity contribution in [2.45, 2.75) is 44.2 Å². The molecule has 0 bridgehead atoms. The molecule has 1 spiro atoms. The molecule has 2 aromatic carbocycles. The number of carboxylic acids is 1. The lowest BCUT2D eigenvalue weighted by Crippen LogP contribution is -2.53. The van der Waals surface area contributed by atoms with Crippen LogP contribution in [0.1, 0.15) is 36.5 Å². The normalized spacial score (nSPS) is 27.3. The first kappa shape index (κ1) is 22.3. The molecule has 3 aliphatic heterocycles. The van der Waals surface area contributed by atoms with Crippen LogP contribution >= 0.6 is 0 Å². The van der Waals surface area contributed by atoms with Crippen molar-refractivity contribution in [1.82, 2.24) is 10.2 Å². The van der Waals surface area contributed by atoms with E-state index in [1.54, 1.807) is 0 Å². The SMILES string of the molecule is CCc1cccc2c1NC(=O)[C@@]21N[C@@H](CCC(=O)O)[C@H]2C(=O)N(CCc3ccccc3)C(=O)[C@@H]21. The molecule has 2 aromatic rings. The van der Waals surface area contributed by atoms with Crippen molar-refractivity contribution in [2.75, 3.05) is 11.9 Å². The average Bonchev–Trinajstić information content (AvgIpc) is 3.41. The molecular formula is C26H27N3O5. The van der Waals surface area contributed by atoms with Gasteiger partial charge in [0.25, 0.3) is 0 Å². The van der Waals surface area contributed by atoms with Crippen molar-refractivity contribution in [1.29, 1.82) is 0 Å². The molecule has 34 heavy (non-hydrogen) atoms. The molecule has 3 amide bonds. The van der Waals surface area contributed by atoms with Crippen LogP contribution in [-0.4, -0.2) is 46.3 Å².